The van der Waals surface area contributed by atoms with Gasteiger partial charge in [-0.25, -0.2) is 0 Å². The van der Waals surface area contributed by atoms with Crippen LogP contribution >= 0.6 is 0 Å². The highest BCUT2D eigenvalue weighted by Crippen LogP contribution is 2.31. The molecule has 1 aliphatic rings. The van der Waals surface area contributed by atoms with Crippen LogP contribution in [-0.2, 0) is 5.60 Å². The number of para-hydroxylation sites is 1. The third-order valence-electron chi connectivity index (χ3n) is 2.12. The lowest BCUT2D eigenvalue weighted by Gasteiger charge is -2.26. The molecule has 0 aromatic heterocycles. The van der Waals surface area contributed by atoms with E-state index >= 15 is 0 Å². The van der Waals surface area contributed by atoms with E-state index in [1.807, 2.05) is 24.3 Å². The molecule has 1 aliphatic heterocycles. The smallest absolute Gasteiger partial charge is 0.109 e. The predicted octanol–water partition coefficient (Wildman–Crippen LogP) is 1.83. The molecule has 1 unspecified atom stereocenters. The average Bonchev–Trinajstić information content (AvgIpc) is 2.04. The second kappa shape index (κ2) is 2.35. The summed E-state index contributed by atoms with van der Waals surface area (Å²) in [6.45, 7) is 1.78. The summed E-state index contributed by atoms with van der Waals surface area (Å²) < 4.78 is 0. The van der Waals surface area contributed by atoms with Crippen LogP contribution in [0.4, 0.5) is 5.69 Å². The number of anilines is 1. The van der Waals surface area contributed by atoms with Crippen molar-refractivity contribution >= 4 is 5.69 Å². The van der Waals surface area contributed by atoms with Crippen molar-refractivity contribution in [2.75, 3.05) is 5.32 Å². The topological polar surface area (TPSA) is 32.3 Å². The Labute approximate surface area is 71.5 Å². The molecule has 2 N–H and O–H groups in total. The normalized spacial score (nSPS) is 26.2. The zero-order valence-electron chi connectivity index (χ0n) is 6.91. The highest BCUT2D eigenvalue weighted by Gasteiger charge is 2.24. The van der Waals surface area contributed by atoms with Crippen LogP contribution in [0, 0.1) is 0 Å². The van der Waals surface area contributed by atoms with E-state index in [4.69, 9.17) is 0 Å². The fraction of sp³-hybridized carbons (Fsp3) is 0.200. The van der Waals surface area contributed by atoms with E-state index in [2.05, 4.69) is 5.32 Å². The molecule has 0 radical (unpaired) electrons. The van der Waals surface area contributed by atoms with Gasteiger partial charge in [-0.1, -0.05) is 18.2 Å². The van der Waals surface area contributed by atoms with Crippen molar-refractivity contribution < 1.29 is 5.11 Å². The SMILES string of the molecule is CC1(O)C=CNc2ccccc21. The van der Waals surface area contributed by atoms with Crippen molar-refractivity contribution in [2.45, 2.75) is 12.5 Å². The highest BCUT2D eigenvalue weighted by atomic mass is 16.3. The van der Waals surface area contributed by atoms with Gasteiger partial charge in [-0.2, -0.15) is 0 Å². The number of hydrogen-bond acceptors (Lipinski definition) is 2. The van der Waals surface area contributed by atoms with Gasteiger partial charge in [0.15, 0.2) is 0 Å². The second-order valence-electron chi connectivity index (χ2n) is 3.17. The monoisotopic (exact) mass is 161 g/mol. The molecule has 0 bridgehead atoms. The third-order valence-corrected chi connectivity index (χ3v) is 2.12. The molecule has 0 aliphatic carbocycles. The molecular formula is C10H11NO. The summed E-state index contributed by atoms with van der Waals surface area (Å²) >= 11 is 0. The van der Waals surface area contributed by atoms with Gasteiger partial charge in [-0.3, -0.25) is 0 Å². The van der Waals surface area contributed by atoms with E-state index in [1.165, 1.54) is 0 Å². The van der Waals surface area contributed by atoms with Crippen LogP contribution < -0.4 is 5.32 Å². The quantitative estimate of drug-likeness (QED) is 0.608. The van der Waals surface area contributed by atoms with Crippen LogP contribution in [0.5, 0.6) is 0 Å². The molecule has 0 saturated heterocycles. The lowest BCUT2D eigenvalue weighted by atomic mass is 9.92. The van der Waals surface area contributed by atoms with E-state index in [9.17, 15) is 5.11 Å². The summed E-state index contributed by atoms with van der Waals surface area (Å²) in [5, 5.41) is 13.0. The first-order valence-corrected chi connectivity index (χ1v) is 3.96. The first kappa shape index (κ1) is 7.37. The van der Waals surface area contributed by atoms with Gasteiger partial charge in [-0.15, -0.1) is 0 Å². The minimum absolute atomic E-state index is 0.832. The Hall–Kier alpha value is -1.28. The summed E-state index contributed by atoms with van der Waals surface area (Å²) in [7, 11) is 0. The van der Waals surface area contributed by atoms with E-state index < -0.39 is 5.60 Å². The number of aliphatic hydroxyl groups is 1. The molecule has 0 amide bonds. The Morgan fingerprint density at radius 3 is 2.83 bits per heavy atom. The summed E-state index contributed by atoms with van der Waals surface area (Å²) in [5.74, 6) is 0. The molecule has 1 aromatic carbocycles. The Morgan fingerprint density at radius 2 is 2.08 bits per heavy atom. The van der Waals surface area contributed by atoms with Crippen LogP contribution in [0.25, 0.3) is 0 Å². The zero-order chi connectivity index (χ0) is 8.60. The largest absolute Gasteiger partial charge is 0.381 e. The fourth-order valence-electron chi connectivity index (χ4n) is 1.43. The summed E-state index contributed by atoms with van der Waals surface area (Å²) in [6.07, 6.45) is 3.51. The molecule has 62 valence electrons. The zero-order valence-corrected chi connectivity index (χ0v) is 6.91. The number of benzene rings is 1. The predicted molar refractivity (Wildman–Crippen MR) is 48.8 cm³/mol. The van der Waals surface area contributed by atoms with Crippen LogP contribution in [0.15, 0.2) is 36.5 Å². The van der Waals surface area contributed by atoms with Crippen LogP contribution in [-0.4, -0.2) is 5.11 Å². The van der Waals surface area contributed by atoms with Crippen molar-refractivity contribution in [3.8, 4) is 0 Å². The second-order valence-corrected chi connectivity index (χ2v) is 3.17. The summed E-state index contributed by atoms with van der Waals surface area (Å²) in [4.78, 5) is 0. The Bertz CT molecular complexity index is 328. The van der Waals surface area contributed by atoms with E-state index in [1.54, 1.807) is 19.2 Å². The van der Waals surface area contributed by atoms with Gasteiger partial charge < -0.3 is 10.4 Å². The molecular weight excluding hydrogens is 150 g/mol. The molecule has 2 rings (SSSR count). The minimum atomic E-state index is -0.832. The first-order valence-electron chi connectivity index (χ1n) is 3.96. The van der Waals surface area contributed by atoms with E-state index in [0.29, 0.717) is 0 Å². The van der Waals surface area contributed by atoms with Crippen LogP contribution in [0.1, 0.15) is 12.5 Å². The fourth-order valence-corrected chi connectivity index (χ4v) is 1.43. The van der Waals surface area contributed by atoms with Gasteiger partial charge in [0, 0.05) is 17.5 Å². The number of nitrogens with one attached hydrogen (secondary N) is 1. The molecule has 2 nitrogen and oxygen atoms in total. The van der Waals surface area contributed by atoms with Gasteiger partial charge in [-0.05, 0) is 19.1 Å². The van der Waals surface area contributed by atoms with E-state index in [-0.39, 0.29) is 0 Å². The van der Waals surface area contributed by atoms with Gasteiger partial charge in [0.25, 0.3) is 0 Å². The lowest BCUT2D eigenvalue weighted by molar-refractivity contribution is 0.111. The molecule has 12 heavy (non-hydrogen) atoms. The number of rotatable bonds is 0. The third kappa shape index (κ3) is 1.01. The molecule has 2 heteroatoms. The molecule has 1 atom stereocenters. The number of fused-ring (bicyclic) bond motifs is 1. The van der Waals surface area contributed by atoms with Crippen molar-refractivity contribution in [1.82, 2.24) is 0 Å². The molecule has 0 fully saturated rings. The molecule has 1 aromatic rings. The minimum Gasteiger partial charge on any atom is -0.381 e. The maximum atomic E-state index is 9.90. The molecule has 0 saturated carbocycles. The number of hydrogen-bond donors (Lipinski definition) is 2. The van der Waals surface area contributed by atoms with Crippen molar-refractivity contribution in [2.24, 2.45) is 0 Å². The van der Waals surface area contributed by atoms with Gasteiger partial charge in [0.1, 0.15) is 5.60 Å². The summed E-state index contributed by atoms with van der Waals surface area (Å²) in [6, 6.07) is 7.74. The van der Waals surface area contributed by atoms with Crippen molar-refractivity contribution in [3.05, 3.63) is 42.1 Å². The Balaban J connectivity index is 2.58. The standard InChI is InChI=1S/C10H11NO/c1-10(12)6-7-11-9-5-3-2-4-8(9)10/h2-7,11-12H,1H3. The Morgan fingerprint density at radius 1 is 1.33 bits per heavy atom. The first-order chi connectivity index (χ1) is 5.70. The van der Waals surface area contributed by atoms with E-state index in [0.717, 1.165) is 11.3 Å². The van der Waals surface area contributed by atoms with Crippen molar-refractivity contribution in [1.29, 1.82) is 0 Å². The summed E-state index contributed by atoms with van der Waals surface area (Å²) in [5.41, 5.74) is 1.07. The van der Waals surface area contributed by atoms with Gasteiger partial charge >= 0.3 is 0 Å². The van der Waals surface area contributed by atoms with Crippen LogP contribution in [0.2, 0.25) is 0 Å². The maximum Gasteiger partial charge on any atom is 0.109 e. The lowest BCUT2D eigenvalue weighted by Crippen LogP contribution is -2.22. The van der Waals surface area contributed by atoms with Crippen molar-refractivity contribution in [3.63, 3.8) is 0 Å². The Kier molecular flexibility index (Phi) is 1.45. The van der Waals surface area contributed by atoms with Gasteiger partial charge in [0.2, 0.25) is 0 Å². The molecule has 1 heterocycles. The average molecular weight is 161 g/mol. The van der Waals surface area contributed by atoms with Crippen LogP contribution in [0.3, 0.4) is 0 Å². The molecule has 0 spiro atoms. The highest BCUT2D eigenvalue weighted by molar-refractivity contribution is 5.59. The van der Waals surface area contributed by atoms with Gasteiger partial charge in [0.05, 0.1) is 0 Å². The maximum absolute atomic E-state index is 9.90.